The van der Waals surface area contributed by atoms with Crippen molar-refractivity contribution in [2.45, 2.75) is 31.5 Å². The number of carbonyl (C=O) groups excluding carboxylic acids is 2. The number of hydrogen-bond acceptors (Lipinski definition) is 6. The zero-order chi connectivity index (χ0) is 16.8. The van der Waals surface area contributed by atoms with Gasteiger partial charge in [0.05, 0.1) is 22.6 Å². The molecule has 2 aromatic rings. The van der Waals surface area contributed by atoms with Gasteiger partial charge in [-0.25, -0.2) is 4.98 Å². The van der Waals surface area contributed by atoms with E-state index in [-0.39, 0.29) is 17.6 Å². The van der Waals surface area contributed by atoms with Gasteiger partial charge in [-0.1, -0.05) is 25.6 Å². The molecule has 0 atom stereocenters. The number of ether oxygens (including phenoxy) is 1. The Morgan fingerprint density at radius 2 is 2.17 bits per heavy atom. The summed E-state index contributed by atoms with van der Waals surface area (Å²) in [6.07, 6.45) is 0.501. The molecule has 0 spiro atoms. The van der Waals surface area contributed by atoms with Gasteiger partial charge in [-0.3, -0.25) is 9.59 Å². The topological polar surface area (TPSA) is 68.3 Å². The fourth-order valence-electron chi connectivity index (χ4n) is 1.95. The fourth-order valence-corrected chi connectivity index (χ4v) is 3.85. The molecular formula is C16H20N2O3S2. The highest BCUT2D eigenvalue weighted by Gasteiger charge is 2.10. The number of thioether (sulfide) groups is 1. The first-order valence-electron chi connectivity index (χ1n) is 7.46. The molecule has 0 saturated heterocycles. The van der Waals surface area contributed by atoms with E-state index in [0.717, 1.165) is 20.2 Å². The number of esters is 1. The summed E-state index contributed by atoms with van der Waals surface area (Å²) in [7, 11) is 0. The number of nitrogens with one attached hydrogen (secondary N) is 1. The lowest BCUT2D eigenvalue weighted by atomic mass is 10.1. The van der Waals surface area contributed by atoms with Gasteiger partial charge in [-0.2, -0.15) is 0 Å². The van der Waals surface area contributed by atoms with E-state index in [4.69, 9.17) is 4.74 Å². The summed E-state index contributed by atoms with van der Waals surface area (Å²) in [6, 6.07) is 5.64. The lowest BCUT2D eigenvalue weighted by Crippen LogP contribution is -2.13. The van der Waals surface area contributed by atoms with Gasteiger partial charge in [0.2, 0.25) is 5.91 Å². The minimum Gasteiger partial charge on any atom is -0.465 e. The number of amides is 1. The van der Waals surface area contributed by atoms with Crippen LogP contribution in [0.3, 0.4) is 0 Å². The van der Waals surface area contributed by atoms with Gasteiger partial charge >= 0.3 is 5.97 Å². The molecule has 1 heterocycles. The van der Waals surface area contributed by atoms with Crippen LogP contribution in [0.1, 0.15) is 27.2 Å². The van der Waals surface area contributed by atoms with E-state index in [1.165, 1.54) is 23.1 Å². The number of hydrogen-bond donors (Lipinski definition) is 1. The van der Waals surface area contributed by atoms with Gasteiger partial charge in [0, 0.05) is 12.1 Å². The number of thiazole rings is 1. The Balaban J connectivity index is 2.02. The van der Waals surface area contributed by atoms with Crippen LogP contribution in [0.15, 0.2) is 22.5 Å². The Morgan fingerprint density at radius 3 is 2.87 bits per heavy atom. The van der Waals surface area contributed by atoms with Crippen LogP contribution in [0, 0.1) is 5.92 Å². The van der Waals surface area contributed by atoms with Crippen molar-refractivity contribution in [3.8, 4) is 0 Å². The van der Waals surface area contributed by atoms with Crippen LogP contribution in [0.25, 0.3) is 10.2 Å². The van der Waals surface area contributed by atoms with Gasteiger partial charge in [0.25, 0.3) is 0 Å². The number of anilines is 1. The lowest BCUT2D eigenvalue weighted by molar-refractivity contribution is -0.139. The molecule has 124 valence electrons. The summed E-state index contributed by atoms with van der Waals surface area (Å²) in [4.78, 5) is 27.7. The van der Waals surface area contributed by atoms with Gasteiger partial charge in [-0.05, 0) is 31.0 Å². The molecule has 1 amide bonds. The van der Waals surface area contributed by atoms with Crippen molar-refractivity contribution in [3.63, 3.8) is 0 Å². The maximum absolute atomic E-state index is 11.8. The highest BCUT2D eigenvalue weighted by molar-refractivity contribution is 8.01. The van der Waals surface area contributed by atoms with Crippen LogP contribution in [0.4, 0.5) is 5.69 Å². The lowest BCUT2D eigenvalue weighted by Gasteiger charge is -2.06. The number of rotatable bonds is 7. The number of carbonyl (C=O) groups is 2. The minimum atomic E-state index is -0.238. The number of fused-ring (bicyclic) bond motifs is 1. The molecule has 23 heavy (non-hydrogen) atoms. The van der Waals surface area contributed by atoms with Gasteiger partial charge in [0.1, 0.15) is 0 Å². The van der Waals surface area contributed by atoms with E-state index in [2.05, 4.69) is 10.3 Å². The summed E-state index contributed by atoms with van der Waals surface area (Å²) in [5.74, 6) is 0.359. The van der Waals surface area contributed by atoms with Crippen molar-refractivity contribution in [1.82, 2.24) is 4.98 Å². The third kappa shape index (κ3) is 5.51. The zero-order valence-corrected chi connectivity index (χ0v) is 15.1. The molecular weight excluding hydrogens is 332 g/mol. The standard InChI is InChI=1S/C16H20N2O3S2/c1-4-21-15(20)9-22-16-18-12-6-5-11(8-13(12)23-16)17-14(19)7-10(2)3/h5-6,8,10H,4,7,9H2,1-3H3,(H,17,19). The van der Waals surface area contributed by atoms with E-state index in [1.807, 2.05) is 32.0 Å². The van der Waals surface area contributed by atoms with E-state index >= 15 is 0 Å². The number of nitrogens with zero attached hydrogens (tertiary/aromatic N) is 1. The number of aromatic nitrogens is 1. The maximum Gasteiger partial charge on any atom is 0.316 e. The molecule has 1 aromatic heterocycles. The first-order chi connectivity index (χ1) is 11.0. The Morgan fingerprint density at radius 1 is 1.39 bits per heavy atom. The Labute approximate surface area is 143 Å². The third-order valence-corrected chi connectivity index (χ3v) is 5.00. The van der Waals surface area contributed by atoms with Crippen LogP contribution in [-0.2, 0) is 14.3 Å². The van der Waals surface area contributed by atoms with E-state index in [1.54, 1.807) is 6.92 Å². The van der Waals surface area contributed by atoms with Crippen LogP contribution in [0.5, 0.6) is 0 Å². The van der Waals surface area contributed by atoms with E-state index in [9.17, 15) is 9.59 Å². The Kier molecular flexibility index (Phi) is 6.41. The average molecular weight is 352 g/mol. The van der Waals surface area contributed by atoms with Gasteiger partial charge in [-0.15, -0.1) is 11.3 Å². The highest BCUT2D eigenvalue weighted by Crippen LogP contribution is 2.31. The van der Waals surface area contributed by atoms with Crippen molar-refractivity contribution in [2.75, 3.05) is 17.7 Å². The predicted octanol–water partition coefficient (Wildman–Crippen LogP) is 3.94. The summed E-state index contributed by atoms with van der Waals surface area (Å²) < 4.78 is 6.70. The molecule has 0 aliphatic carbocycles. The fraction of sp³-hybridized carbons (Fsp3) is 0.438. The first kappa shape index (κ1) is 17.7. The molecule has 0 aliphatic rings. The number of benzene rings is 1. The predicted molar refractivity (Wildman–Crippen MR) is 95.1 cm³/mol. The quantitative estimate of drug-likeness (QED) is 0.604. The molecule has 0 fully saturated rings. The molecule has 0 bridgehead atoms. The monoisotopic (exact) mass is 352 g/mol. The summed E-state index contributed by atoms with van der Waals surface area (Å²) in [5.41, 5.74) is 1.64. The van der Waals surface area contributed by atoms with E-state index < -0.39 is 0 Å². The molecule has 1 aromatic carbocycles. The van der Waals surface area contributed by atoms with Crippen LogP contribution in [-0.4, -0.2) is 29.2 Å². The zero-order valence-electron chi connectivity index (χ0n) is 13.4. The maximum atomic E-state index is 11.8. The van der Waals surface area contributed by atoms with Crippen LogP contribution < -0.4 is 5.32 Å². The van der Waals surface area contributed by atoms with E-state index in [0.29, 0.717) is 18.9 Å². The first-order valence-corrected chi connectivity index (χ1v) is 9.27. The Hall–Kier alpha value is -1.60. The van der Waals surface area contributed by atoms with Gasteiger partial charge in [0.15, 0.2) is 4.34 Å². The summed E-state index contributed by atoms with van der Waals surface area (Å²) >= 11 is 2.87. The second kappa shape index (κ2) is 8.31. The summed E-state index contributed by atoms with van der Waals surface area (Å²) in [6.45, 7) is 6.20. The molecule has 2 rings (SSSR count). The smallest absolute Gasteiger partial charge is 0.316 e. The second-order valence-corrected chi connectivity index (χ2v) is 7.66. The average Bonchev–Trinajstić information content (AvgIpc) is 2.86. The van der Waals surface area contributed by atoms with Crippen molar-refractivity contribution in [1.29, 1.82) is 0 Å². The summed E-state index contributed by atoms with van der Waals surface area (Å²) in [5, 5.41) is 2.90. The molecule has 0 aliphatic heterocycles. The second-order valence-electron chi connectivity index (χ2n) is 5.40. The molecule has 5 nitrogen and oxygen atoms in total. The Bertz CT molecular complexity index is 698. The van der Waals surface area contributed by atoms with Crippen molar-refractivity contribution >= 4 is 50.9 Å². The van der Waals surface area contributed by atoms with Crippen LogP contribution in [0.2, 0.25) is 0 Å². The molecule has 7 heteroatoms. The van der Waals surface area contributed by atoms with Crippen molar-refractivity contribution in [3.05, 3.63) is 18.2 Å². The minimum absolute atomic E-state index is 0.0146. The SMILES string of the molecule is CCOC(=O)CSc1nc2ccc(NC(=O)CC(C)C)cc2s1. The highest BCUT2D eigenvalue weighted by atomic mass is 32.2. The third-order valence-electron chi connectivity index (χ3n) is 2.87. The largest absolute Gasteiger partial charge is 0.465 e. The molecule has 0 unspecified atom stereocenters. The van der Waals surface area contributed by atoms with Gasteiger partial charge < -0.3 is 10.1 Å². The van der Waals surface area contributed by atoms with Crippen molar-refractivity contribution < 1.29 is 14.3 Å². The normalized spacial score (nSPS) is 11.0. The molecule has 0 radical (unpaired) electrons. The van der Waals surface area contributed by atoms with Crippen molar-refractivity contribution in [2.24, 2.45) is 5.92 Å². The molecule has 1 N–H and O–H groups in total. The van der Waals surface area contributed by atoms with Crippen LogP contribution >= 0.6 is 23.1 Å². The molecule has 0 saturated carbocycles.